The van der Waals surface area contributed by atoms with Crippen molar-refractivity contribution in [2.24, 2.45) is 0 Å². The van der Waals surface area contributed by atoms with Gasteiger partial charge in [0.25, 0.3) is 0 Å². The lowest BCUT2D eigenvalue weighted by atomic mass is 9.93. The molecule has 0 aromatic carbocycles. The van der Waals surface area contributed by atoms with Crippen LogP contribution < -0.4 is 10.1 Å². The summed E-state index contributed by atoms with van der Waals surface area (Å²) >= 11 is 0. The van der Waals surface area contributed by atoms with Crippen LogP contribution in [0.25, 0.3) is 0 Å². The number of anilines is 1. The summed E-state index contributed by atoms with van der Waals surface area (Å²) in [5.41, 5.74) is 0.362. The number of ether oxygens (including phenoxy) is 1. The average molecular weight is 293 g/mol. The molecule has 6 nitrogen and oxygen atoms in total. The van der Waals surface area contributed by atoms with Gasteiger partial charge in [0.1, 0.15) is 0 Å². The average Bonchev–Trinajstić information content (AvgIpc) is 2.74. The minimum atomic E-state index is -0.796. The molecule has 0 unspecified atom stereocenters. The highest BCUT2D eigenvalue weighted by Crippen LogP contribution is 2.35. The molecule has 116 valence electrons. The maximum absolute atomic E-state index is 11.1. The van der Waals surface area contributed by atoms with Crippen LogP contribution in [0.3, 0.4) is 0 Å². The fraction of sp³-hybridized carbons (Fsp3) is 0.667. The van der Waals surface area contributed by atoms with E-state index in [-0.39, 0.29) is 12.5 Å². The van der Waals surface area contributed by atoms with Crippen molar-refractivity contribution in [2.75, 3.05) is 5.32 Å². The molecule has 0 amide bonds. The summed E-state index contributed by atoms with van der Waals surface area (Å²) in [6.07, 6.45) is 3.84. The molecule has 1 aliphatic rings. The van der Waals surface area contributed by atoms with E-state index in [9.17, 15) is 4.79 Å². The van der Waals surface area contributed by atoms with Gasteiger partial charge in [-0.1, -0.05) is 12.8 Å². The van der Waals surface area contributed by atoms with E-state index in [0.29, 0.717) is 11.8 Å². The maximum atomic E-state index is 11.1. The molecule has 1 heterocycles. The highest BCUT2D eigenvalue weighted by atomic mass is 16.5. The summed E-state index contributed by atoms with van der Waals surface area (Å²) in [6.45, 7) is 5.75. The molecule has 0 atom stereocenters. The van der Waals surface area contributed by atoms with E-state index in [1.54, 1.807) is 6.07 Å². The lowest BCUT2D eigenvalue weighted by Crippen LogP contribution is -2.38. The Hall–Kier alpha value is -1.85. The first-order valence-corrected chi connectivity index (χ1v) is 7.41. The standard InChI is InChI=1S/C15H23N3O3/c1-10(2)21-12-8-11(3)16-14(17-12)18-15(9-13(19)20)6-4-5-7-15/h8,10H,4-7,9H2,1-3H3,(H,19,20)(H,16,17,18). The molecule has 2 rings (SSSR count). The number of carboxylic acid groups (broad SMARTS) is 1. The molecule has 0 radical (unpaired) electrons. The molecule has 6 heteroatoms. The predicted molar refractivity (Wildman–Crippen MR) is 79.6 cm³/mol. The van der Waals surface area contributed by atoms with E-state index in [1.165, 1.54) is 0 Å². The van der Waals surface area contributed by atoms with Crippen LogP contribution in [0.1, 0.15) is 51.6 Å². The number of aliphatic carboxylic acids is 1. The Bertz CT molecular complexity index is 511. The number of hydrogen-bond acceptors (Lipinski definition) is 5. The Kier molecular flexibility index (Phi) is 4.65. The molecule has 0 saturated heterocycles. The third-order valence-electron chi connectivity index (χ3n) is 3.61. The summed E-state index contributed by atoms with van der Waals surface area (Å²) in [4.78, 5) is 19.8. The molecular weight excluding hydrogens is 270 g/mol. The van der Waals surface area contributed by atoms with Crippen LogP contribution in [0.2, 0.25) is 0 Å². The van der Waals surface area contributed by atoms with Crippen LogP contribution in [0.5, 0.6) is 5.88 Å². The molecule has 1 aromatic heterocycles. The number of nitrogens with zero attached hydrogens (tertiary/aromatic N) is 2. The van der Waals surface area contributed by atoms with Crippen molar-refractivity contribution in [1.29, 1.82) is 0 Å². The zero-order valence-corrected chi connectivity index (χ0v) is 12.8. The van der Waals surface area contributed by atoms with Gasteiger partial charge in [-0.3, -0.25) is 4.79 Å². The number of rotatable bonds is 6. The largest absolute Gasteiger partial charge is 0.481 e. The highest BCUT2D eigenvalue weighted by molar-refractivity contribution is 5.69. The second-order valence-electron chi connectivity index (χ2n) is 6.02. The quantitative estimate of drug-likeness (QED) is 0.839. The Balaban J connectivity index is 2.20. The minimum Gasteiger partial charge on any atom is -0.481 e. The number of aryl methyl sites for hydroxylation is 1. The molecule has 0 aliphatic heterocycles. The number of carboxylic acids is 1. The summed E-state index contributed by atoms with van der Waals surface area (Å²) in [6, 6.07) is 1.78. The van der Waals surface area contributed by atoms with Gasteiger partial charge in [0.15, 0.2) is 0 Å². The minimum absolute atomic E-state index is 0.0339. The van der Waals surface area contributed by atoms with Crippen LogP contribution in [0.4, 0.5) is 5.95 Å². The molecule has 0 bridgehead atoms. The highest BCUT2D eigenvalue weighted by Gasteiger charge is 2.36. The van der Waals surface area contributed by atoms with Crippen LogP contribution in [0, 0.1) is 6.92 Å². The van der Waals surface area contributed by atoms with Crippen molar-refractivity contribution in [3.8, 4) is 5.88 Å². The lowest BCUT2D eigenvalue weighted by molar-refractivity contribution is -0.138. The monoisotopic (exact) mass is 293 g/mol. The van der Waals surface area contributed by atoms with Gasteiger partial charge >= 0.3 is 5.97 Å². The van der Waals surface area contributed by atoms with E-state index in [1.807, 2.05) is 20.8 Å². The Morgan fingerprint density at radius 3 is 2.67 bits per heavy atom. The number of aromatic nitrogens is 2. The van der Waals surface area contributed by atoms with Gasteiger partial charge in [-0.25, -0.2) is 4.98 Å². The van der Waals surface area contributed by atoms with Crippen molar-refractivity contribution in [3.63, 3.8) is 0 Å². The summed E-state index contributed by atoms with van der Waals surface area (Å²) in [7, 11) is 0. The van der Waals surface area contributed by atoms with Gasteiger partial charge in [0, 0.05) is 11.8 Å². The van der Waals surface area contributed by atoms with E-state index in [4.69, 9.17) is 9.84 Å². The zero-order chi connectivity index (χ0) is 15.5. The van der Waals surface area contributed by atoms with Crippen LogP contribution in [-0.4, -0.2) is 32.7 Å². The zero-order valence-electron chi connectivity index (χ0n) is 12.8. The van der Waals surface area contributed by atoms with Crippen molar-refractivity contribution >= 4 is 11.9 Å². The van der Waals surface area contributed by atoms with Gasteiger partial charge in [-0.15, -0.1) is 0 Å². The van der Waals surface area contributed by atoms with E-state index >= 15 is 0 Å². The number of hydrogen-bond donors (Lipinski definition) is 2. The molecule has 2 N–H and O–H groups in total. The first-order valence-electron chi connectivity index (χ1n) is 7.41. The fourth-order valence-corrected chi connectivity index (χ4v) is 2.82. The molecule has 21 heavy (non-hydrogen) atoms. The molecule has 0 spiro atoms. The topological polar surface area (TPSA) is 84.3 Å². The van der Waals surface area contributed by atoms with Crippen molar-refractivity contribution < 1.29 is 14.6 Å². The van der Waals surface area contributed by atoms with Gasteiger partial charge < -0.3 is 15.2 Å². The van der Waals surface area contributed by atoms with Crippen LogP contribution >= 0.6 is 0 Å². The molecule has 1 aromatic rings. The van der Waals surface area contributed by atoms with E-state index in [2.05, 4.69) is 15.3 Å². The number of nitrogens with one attached hydrogen (secondary N) is 1. The SMILES string of the molecule is Cc1cc(OC(C)C)nc(NC2(CC(=O)O)CCCC2)n1. The Morgan fingerprint density at radius 1 is 1.43 bits per heavy atom. The molecule has 1 saturated carbocycles. The summed E-state index contributed by atoms with van der Waals surface area (Å²) < 4.78 is 5.61. The van der Waals surface area contributed by atoms with Crippen molar-refractivity contribution in [2.45, 2.75) is 64.5 Å². The lowest BCUT2D eigenvalue weighted by Gasteiger charge is -2.28. The maximum Gasteiger partial charge on any atom is 0.305 e. The first-order chi connectivity index (χ1) is 9.88. The van der Waals surface area contributed by atoms with E-state index < -0.39 is 11.5 Å². The normalized spacial score (nSPS) is 17.0. The van der Waals surface area contributed by atoms with Gasteiger partial charge in [-0.05, 0) is 33.6 Å². The predicted octanol–water partition coefficient (Wildman–Crippen LogP) is 2.77. The molecule has 1 fully saturated rings. The fourth-order valence-electron chi connectivity index (χ4n) is 2.82. The van der Waals surface area contributed by atoms with Gasteiger partial charge in [0.05, 0.1) is 18.1 Å². The third kappa shape index (κ3) is 4.31. The second-order valence-corrected chi connectivity index (χ2v) is 6.02. The smallest absolute Gasteiger partial charge is 0.305 e. The van der Waals surface area contributed by atoms with Crippen molar-refractivity contribution in [1.82, 2.24) is 9.97 Å². The Morgan fingerprint density at radius 2 is 2.10 bits per heavy atom. The second kappa shape index (κ2) is 6.28. The van der Waals surface area contributed by atoms with Crippen LogP contribution in [-0.2, 0) is 4.79 Å². The summed E-state index contributed by atoms with van der Waals surface area (Å²) in [5.74, 6) is 0.174. The van der Waals surface area contributed by atoms with Gasteiger partial charge in [0.2, 0.25) is 11.8 Å². The molecule has 1 aliphatic carbocycles. The number of carbonyl (C=O) groups is 1. The molecular formula is C15H23N3O3. The van der Waals surface area contributed by atoms with Crippen molar-refractivity contribution in [3.05, 3.63) is 11.8 Å². The summed E-state index contributed by atoms with van der Waals surface area (Å²) in [5, 5.41) is 12.4. The van der Waals surface area contributed by atoms with Gasteiger partial charge in [-0.2, -0.15) is 4.98 Å². The first kappa shape index (κ1) is 15.5. The van der Waals surface area contributed by atoms with E-state index in [0.717, 1.165) is 31.4 Å². The Labute approximate surface area is 124 Å². The third-order valence-corrected chi connectivity index (χ3v) is 3.61. The van der Waals surface area contributed by atoms with Crippen LogP contribution in [0.15, 0.2) is 6.07 Å².